The topological polar surface area (TPSA) is 41.4 Å². The minimum Gasteiger partial charge on any atom is -0.341 e. The van der Waals surface area contributed by atoms with Gasteiger partial charge in [0.05, 0.1) is 0 Å². The average Bonchev–Trinajstić information content (AvgIpc) is 3.19. The van der Waals surface area contributed by atoms with E-state index in [1.807, 2.05) is 6.20 Å². The van der Waals surface area contributed by atoms with Crippen molar-refractivity contribution in [3.05, 3.63) is 18.2 Å². The SMILES string of the molecule is Cc1nccn1CC(C)N1CCCN(C(=O)CCC2CCCC2)CC1. The summed E-state index contributed by atoms with van der Waals surface area (Å²) in [6.45, 7) is 9.21. The molecule has 1 aliphatic heterocycles. The van der Waals surface area contributed by atoms with Crippen LogP contribution in [0.2, 0.25) is 0 Å². The fourth-order valence-corrected chi connectivity index (χ4v) is 4.41. The van der Waals surface area contributed by atoms with Crippen LogP contribution in [0, 0.1) is 12.8 Å². The smallest absolute Gasteiger partial charge is 0.222 e. The van der Waals surface area contributed by atoms with Crippen LogP contribution in [0.25, 0.3) is 0 Å². The van der Waals surface area contributed by atoms with E-state index in [4.69, 9.17) is 0 Å². The Labute approximate surface area is 152 Å². The second-order valence-electron chi connectivity index (χ2n) is 7.94. The van der Waals surface area contributed by atoms with Crippen LogP contribution in [0.4, 0.5) is 0 Å². The summed E-state index contributed by atoms with van der Waals surface area (Å²) in [6.07, 6.45) is 12.3. The molecular formula is C20H34N4O. The van der Waals surface area contributed by atoms with Gasteiger partial charge in [-0.05, 0) is 32.6 Å². The van der Waals surface area contributed by atoms with Crippen molar-refractivity contribution in [1.82, 2.24) is 19.4 Å². The highest BCUT2D eigenvalue weighted by molar-refractivity contribution is 5.76. The Hall–Kier alpha value is -1.36. The van der Waals surface area contributed by atoms with E-state index in [0.717, 1.165) is 63.7 Å². The van der Waals surface area contributed by atoms with Gasteiger partial charge in [0.1, 0.15) is 5.82 Å². The number of hydrogen-bond acceptors (Lipinski definition) is 3. The van der Waals surface area contributed by atoms with E-state index >= 15 is 0 Å². The lowest BCUT2D eigenvalue weighted by Gasteiger charge is -2.28. The van der Waals surface area contributed by atoms with Crippen LogP contribution in [0.1, 0.15) is 57.7 Å². The van der Waals surface area contributed by atoms with Gasteiger partial charge in [-0.15, -0.1) is 0 Å². The molecule has 0 N–H and O–H groups in total. The van der Waals surface area contributed by atoms with Gasteiger partial charge in [0.25, 0.3) is 0 Å². The molecule has 0 aromatic carbocycles. The summed E-state index contributed by atoms with van der Waals surface area (Å²) in [5.41, 5.74) is 0. The predicted molar refractivity (Wildman–Crippen MR) is 100 cm³/mol. The summed E-state index contributed by atoms with van der Waals surface area (Å²) < 4.78 is 2.22. The third-order valence-electron chi connectivity index (χ3n) is 6.13. The Kier molecular flexibility index (Phi) is 6.51. The summed E-state index contributed by atoms with van der Waals surface area (Å²) in [5.74, 6) is 2.27. The molecule has 1 unspecified atom stereocenters. The van der Waals surface area contributed by atoms with Gasteiger partial charge >= 0.3 is 0 Å². The van der Waals surface area contributed by atoms with Crippen LogP contribution in [-0.2, 0) is 11.3 Å². The maximum Gasteiger partial charge on any atom is 0.222 e. The molecule has 2 aliphatic rings. The van der Waals surface area contributed by atoms with Gasteiger partial charge in [0.15, 0.2) is 0 Å². The number of carbonyl (C=O) groups is 1. The lowest BCUT2D eigenvalue weighted by Crippen LogP contribution is -2.40. The largest absolute Gasteiger partial charge is 0.341 e. The second-order valence-corrected chi connectivity index (χ2v) is 7.94. The number of hydrogen-bond donors (Lipinski definition) is 0. The van der Waals surface area contributed by atoms with Crippen molar-refractivity contribution in [2.45, 2.75) is 71.4 Å². The molecule has 0 radical (unpaired) electrons. The monoisotopic (exact) mass is 346 g/mol. The van der Waals surface area contributed by atoms with Gasteiger partial charge in [-0.25, -0.2) is 4.98 Å². The molecule has 140 valence electrons. The summed E-state index contributed by atoms with van der Waals surface area (Å²) in [6, 6.07) is 0.474. The molecule has 2 fully saturated rings. The summed E-state index contributed by atoms with van der Waals surface area (Å²) in [5, 5.41) is 0. The zero-order chi connectivity index (χ0) is 17.6. The highest BCUT2D eigenvalue weighted by Crippen LogP contribution is 2.28. The fourth-order valence-electron chi connectivity index (χ4n) is 4.41. The Morgan fingerprint density at radius 2 is 2.00 bits per heavy atom. The van der Waals surface area contributed by atoms with Crippen LogP contribution in [0.3, 0.4) is 0 Å². The first-order valence-corrected chi connectivity index (χ1v) is 10.1. The van der Waals surface area contributed by atoms with E-state index < -0.39 is 0 Å². The zero-order valence-corrected chi connectivity index (χ0v) is 16.0. The third-order valence-corrected chi connectivity index (χ3v) is 6.13. The molecule has 1 aliphatic carbocycles. The van der Waals surface area contributed by atoms with Gasteiger partial charge in [-0.3, -0.25) is 9.69 Å². The predicted octanol–water partition coefficient (Wildman–Crippen LogP) is 3.08. The van der Waals surface area contributed by atoms with Crippen molar-refractivity contribution in [2.75, 3.05) is 26.2 Å². The van der Waals surface area contributed by atoms with Gasteiger partial charge in [-0.2, -0.15) is 0 Å². The molecule has 3 rings (SSSR count). The lowest BCUT2D eigenvalue weighted by molar-refractivity contribution is -0.131. The fraction of sp³-hybridized carbons (Fsp3) is 0.800. The van der Waals surface area contributed by atoms with E-state index in [1.54, 1.807) is 0 Å². The number of rotatable bonds is 6. The van der Waals surface area contributed by atoms with Gasteiger partial charge in [-0.1, -0.05) is 25.7 Å². The Morgan fingerprint density at radius 1 is 1.20 bits per heavy atom. The Bertz CT molecular complexity index is 550. The zero-order valence-electron chi connectivity index (χ0n) is 16.0. The van der Waals surface area contributed by atoms with E-state index in [1.165, 1.54) is 25.7 Å². The van der Waals surface area contributed by atoms with Crippen LogP contribution < -0.4 is 0 Å². The Balaban J connectivity index is 1.44. The molecule has 5 heteroatoms. The number of imidazole rings is 1. The molecule has 1 aromatic heterocycles. The van der Waals surface area contributed by atoms with E-state index in [9.17, 15) is 4.79 Å². The first-order valence-electron chi connectivity index (χ1n) is 10.1. The van der Waals surface area contributed by atoms with E-state index in [2.05, 4.69) is 39.4 Å². The number of aryl methyl sites for hydroxylation is 1. The molecule has 1 atom stereocenters. The quantitative estimate of drug-likeness (QED) is 0.795. The second kappa shape index (κ2) is 8.84. The van der Waals surface area contributed by atoms with Crippen molar-refractivity contribution < 1.29 is 4.79 Å². The van der Waals surface area contributed by atoms with Crippen molar-refractivity contribution in [3.8, 4) is 0 Å². The first-order chi connectivity index (χ1) is 12.1. The Morgan fingerprint density at radius 3 is 2.72 bits per heavy atom. The summed E-state index contributed by atoms with van der Waals surface area (Å²) in [7, 11) is 0. The van der Waals surface area contributed by atoms with E-state index in [0.29, 0.717) is 11.9 Å². The maximum absolute atomic E-state index is 12.6. The first kappa shape index (κ1) is 18.4. The van der Waals surface area contributed by atoms with Crippen molar-refractivity contribution in [2.24, 2.45) is 5.92 Å². The molecule has 0 bridgehead atoms. The molecule has 25 heavy (non-hydrogen) atoms. The summed E-state index contributed by atoms with van der Waals surface area (Å²) >= 11 is 0. The van der Waals surface area contributed by atoms with Crippen molar-refractivity contribution in [1.29, 1.82) is 0 Å². The molecule has 1 saturated carbocycles. The molecule has 2 heterocycles. The summed E-state index contributed by atoms with van der Waals surface area (Å²) in [4.78, 5) is 21.5. The number of amides is 1. The van der Waals surface area contributed by atoms with Crippen LogP contribution in [0.15, 0.2) is 12.4 Å². The standard InChI is InChI=1S/C20H34N4O/c1-17(16-24-13-10-21-18(24)2)22-11-5-12-23(15-14-22)20(25)9-8-19-6-3-4-7-19/h10,13,17,19H,3-9,11-12,14-16H2,1-2H3. The average molecular weight is 347 g/mol. The van der Waals surface area contributed by atoms with Gasteiger partial charge in [0.2, 0.25) is 5.91 Å². The third kappa shape index (κ3) is 5.06. The highest BCUT2D eigenvalue weighted by atomic mass is 16.2. The molecule has 1 saturated heterocycles. The maximum atomic E-state index is 12.6. The van der Waals surface area contributed by atoms with Crippen LogP contribution in [0.5, 0.6) is 0 Å². The number of aromatic nitrogens is 2. The number of carbonyl (C=O) groups excluding carboxylic acids is 1. The number of nitrogens with zero attached hydrogens (tertiary/aromatic N) is 4. The minimum absolute atomic E-state index is 0.381. The molecule has 1 aromatic rings. The molecular weight excluding hydrogens is 312 g/mol. The minimum atomic E-state index is 0.381. The molecule has 0 spiro atoms. The van der Waals surface area contributed by atoms with Crippen LogP contribution in [-0.4, -0.2) is 57.5 Å². The molecule has 5 nitrogen and oxygen atoms in total. The van der Waals surface area contributed by atoms with E-state index in [-0.39, 0.29) is 0 Å². The van der Waals surface area contributed by atoms with Crippen molar-refractivity contribution in [3.63, 3.8) is 0 Å². The van der Waals surface area contributed by atoms with Gasteiger partial charge < -0.3 is 9.47 Å². The normalized spacial score (nSPS) is 21.4. The lowest BCUT2D eigenvalue weighted by atomic mass is 10.0. The van der Waals surface area contributed by atoms with Crippen LogP contribution >= 0.6 is 0 Å². The highest BCUT2D eigenvalue weighted by Gasteiger charge is 2.23. The van der Waals surface area contributed by atoms with Gasteiger partial charge in [0, 0.05) is 57.6 Å². The van der Waals surface area contributed by atoms with Crippen molar-refractivity contribution >= 4 is 5.91 Å². The molecule has 1 amide bonds.